The predicted molar refractivity (Wildman–Crippen MR) is 74.0 cm³/mol. The second-order valence-electron chi connectivity index (χ2n) is 5.77. The summed E-state index contributed by atoms with van der Waals surface area (Å²) in [6.45, 7) is 4.58. The van der Waals surface area contributed by atoms with Crippen LogP contribution in [-0.2, 0) is 14.3 Å². The third kappa shape index (κ3) is 4.77. The van der Waals surface area contributed by atoms with Crippen molar-refractivity contribution in [1.29, 1.82) is 0 Å². The number of carbonyl (C=O) groups is 1. The summed E-state index contributed by atoms with van der Waals surface area (Å²) in [6.07, 6.45) is 8.06. The van der Waals surface area contributed by atoms with Crippen LogP contribution in [0.3, 0.4) is 0 Å². The van der Waals surface area contributed by atoms with Crippen molar-refractivity contribution in [2.75, 3.05) is 33.4 Å². The highest BCUT2D eigenvalue weighted by molar-refractivity contribution is 5.72. The predicted octanol–water partition coefficient (Wildman–Crippen LogP) is 2.22. The second-order valence-corrected chi connectivity index (χ2v) is 5.77. The number of hydrogen-bond donors (Lipinski definition) is 0. The molecule has 0 aromatic heterocycles. The van der Waals surface area contributed by atoms with E-state index in [4.69, 9.17) is 9.47 Å². The molecule has 1 aliphatic carbocycles. The Morgan fingerprint density at radius 2 is 1.84 bits per heavy atom. The van der Waals surface area contributed by atoms with Gasteiger partial charge in [0, 0.05) is 13.2 Å². The van der Waals surface area contributed by atoms with Crippen molar-refractivity contribution in [2.45, 2.75) is 51.0 Å². The van der Waals surface area contributed by atoms with E-state index in [-0.39, 0.29) is 11.9 Å². The molecule has 1 aliphatic heterocycles. The van der Waals surface area contributed by atoms with Crippen molar-refractivity contribution in [3.63, 3.8) is 0 Å². The molecule has 0 radical (unpaired) electrons. The number of hydrogen-bond acceptors (Lipinski definition) is 4. The summed E-state index contributed by atoms with van der Waals surface area (Å²) in [7, 11) is 1.48. The van der Waals surface area contributed by atoms with Crippen LogP contribution < -0.4 is 0 Å². The summed E-state index contributed by atoms with van der Waals surface area (Å²) in [6, 6.07) is 0. The molecule has 0 unspecified atom stereocenters. The average Bonchev–Trinajstić information content (AvgIpc) is 2.96. The number of rotatable bonds is 6. The van der Waals surface area contributed by atoms with E-state index in [9.17, 15) is 4.79 Å². The zero-order valence-corrected chi connectivity index (χ0v) is 12.1. The van der Waals surface area contributed by atoms with Crippen LogP contribution >= 0.6 is 0 Å². The van der Waals surface area contributed by atoms with Crippen molar-refractivity contribution < 1.29 is 14.3 Å². The minimum absolute atomic E-state index is 0.0486. The van der Waals surface area contributed by atoms with Gasteiger partial charge < -0.3 is 14.4 Å². The molecule has 19 heavy (non-hydrogen) atoms. The van der Waals surface area contributed by atoms with E-state index >= 15 is 0 Å². The Labute approximate surface area is 116 Å². The van der Waals surface area contributed by atoms with Crippen molar-refractivity contribution >= 4 is 5.97 Å². The normalized spacial score (nSPS) is 28.5. The first-order valence-corrected chi connectivity index (χ1v) is 7.71. The lowest BCUT2D eigenvalue weighted by Crippen LogP contribution is -2.28. The van der Waals surface area contributed by atoms with Gasteiger partial charge >= 0.3 is 5.97 Å². The summed E-state index contributed by atoms with van der Waals surface area (Å²) < 4.78 is 10.7. The highest BCUT2D eigenvalue weighted by Crippen LogP contribution is 2.27. The van der Waals surface area contributed by atoms with E-state index in [1.165, 1.54) is 39.6 Å². The number of esters is 1. The molecule has 2 rings (SSSR count). The molecule has 2 aliphatic rings. The zero-order chi connectivity index (χ0) is 13.5. The van der Waals surface area contributed by atoms with Gasteiger partial charge in [-0.1, -0.05) is 0 Å². The van der Waals surface area contributed by atoms with E-state index < -0.39 is 0 Å². The first kappa shape index (κ1) is 14.8. The smallest absolute Gasteiger partial charge is 0.308 e. The molecule has 0 N–H and O–H groups in total. The van der Waals surface area contributed by atoms with Gasteiger partial charge in [0.15, 0.2) is 0 Å². The summed E-state index contributed by atoms with van der Waals surface area (Å²) >= 11 is 0. The summed E-state index contributed by atoms with van der Waals surface area (Å²) in [5, 5.41) is 0. The minimum atomic E-state index is -0.0486. The molecule has 110 valence electrons. The van der Waals surface area contributed by atoms with Gasteiger partial charge in [-0.2, -0.15) is 0 Å². The van der Waals surface area contributed by atoms with Crippen molar-refractivity contribution in [2.24, 2.45) is 5.92 Å². The van der Waals surface area contributed by atoms with Gasteiger partial charge in [0.2, 0.25) is 0 Å². The molecular weight excluding hydrogens is 242 g/mol. The van der Waals surface area contributed by atoms with Gasteiger partial charge in [0.25, 0.3) is 0 Å². The second kappa shape index (κ2) is 7.85. The summed E-state index contributed by atoms with van der Waals surface area (Å²) in [4.78, 5) is 13.9. The fraction of sp³-hybridized carbons (Fsp3) is 0.933. The molecule has 0 aromatic rings. The van der Waals surface area contributed by atoms with Crippen LogP contribution in [0.1, 0.15) is 44.9 Å². The molecular formula is C15H27NO3. The maximum atomic E-state index is 11.4. The third-order valence-electron chi connectivity index (χ3n) is 4.38. The van der Waals surface area contributed by atoms with E-state index in [1.807, 2.05) is 0 Å². The molecule has 0 aromatic carbocycles. The van der Waals surface area contributed by atoms with Crippen LogP contribution in [-0.4, -0.2) is 50.3 Å². The van der Waals surface area contributed by atoms with E-state index in [2.05, 4.69) is 4.90 Å². The van der Waals surface area contributed by atoms with Crippen molar-refractivity contribution in [3.05, 3.63) is 0 Å². The standard InChI is InChI=1S/C15H27NO3/c1-18-15(17)13-5-7-14(8-6-13)19-12-4-11-16-9-2-3-10-16/h13-14H,2-12H2,1H3. The molecule has 0 amide bonds. The fourth-order valence-electron chi connectivity index (χ4n) is 3.18. The van der Waals surface area contributed by atoms with Crippen LogP contribution in [0.25, 0.3) is 0 Å². The van der Waals surface area contributed by atoms with Crippen molar-refractivity contribution in [3.8, 4) is 0 Å². The quantitative estimate of drug-likeness (QED) is 0.547. The van der Waals surface area contributed by atoms with Gasteiger partial charge in [-0.25, -0.2) is 0 Å². The molecule has 4 heteroatoms. The Morgan fingerprint density at radius 3 is 2.47 bits per heavy atom. The zero-order valence-electron chi connectivity index (χ0n) is 12.1. The van der Waals surface area contributed by atoms with Gasteiger partial charge in [0.05, 0.1) is 19.1 Å². The Bertz CT molecular complexity index is 269. The molecule has 1 heterocycles. The fourth-order valence-corrected chi connectivity index (χ4v) is 3.18. The molecule has 4 nitrogen and oxygen atoms in total. The number of methoxy groups -OCH3 is 1. The highest BCUT2D eigenvalue weighted by Gasteiger charge is 2.27. The Kier molecular flexibility index (Phi) is 6.11. The monoisotopic (exact) mass is 269 g/mol. The maximum absolute atomic E-state index is 11.4. The lowest BCUT2D eigenvalue weighted by Gasteiger charge is -2.27. The van der Waals surface area contributed by atoms with Crippen LogP contribution in [0.2, 0.25) is 0 Å². The molecule has 1 saturated heterocycles. The molecule has 0 spiro atoms. The highest BCUT2D eigenvalue weighted by atomic mass is 16.5. The molecule has 1 saturated carbocycles. The number of likely N-dealkylation sites (tertiary alicyclic amines) is 1. The lowest BCUT2D eigenvalue weighted by molar-refractivity contribution is -0.147. The molecule has 2 fully saturated rings. The molecule has 0 bridgehead atoms. The summed E-state index contributed by atoms with van der Waals surface area (Å²) in [5.74, 6) is 0.0573. The van der Waals surface area contributed by atoms with Crippen LogP contribution in [0.4, 0.5) is 0 Å². The minimum Gasteiger partial charge on any atom is -0.469 e. The van der Waals surface area contributed by atoms with Crippen molar-refractivity contribution in [1.82, 2.24) is 4.90 Å². The first-order valence-electron chi connectivity index (χ1n) is 7.71. The molecule has 0 atom stereocenters. The van der Waals surface area contributed by atoms with E-state index in [1.54, 1.807) is 0 Å². The number of ether oxygens (including phenoxy) is 2. The van der Waals surface area contributed by atoms with Gasteiger partial charge in [-0.05, 0) is 58.0 Å². The van der Waals surface area contributed by atoms with Gasteiger partial charge in [-0.3, -0.25) is 4.79 Å². The Morgan fingerprint density at radius 1 is 1.16 bits per heavy atom. The van der Waals surface area contributed by atoms with Crippen LogP contribution in [0.15, 0.2) is 0 Å². The number of carbonyl (C=O) groups excluding carboxylic acids is 1. The SMILES string of the molecule is COC(=O)C1CCC(OCCCN2CCCC2)CC1. The topological polar surface area (TPSA) is 38.8 Å². The van der Waals surface area contributed by atoms with Crippen LogP contribution in [0.5, 0.6) is 0 Å². The van der Waals surface area contributed by atoms with Gasteiger partial charge in [0.1, 0.15) is 0 Å². The van der Waals surface area contributed by atoms with E-state index in [0.29, 0.717) is 6.10 Å². The Hall–Kier alpha value is -0.610. The Balaban J connectivity index is 1.52. The maximum Gasteiger partial charge on any atom is 0.308 e. The summed E-state index contributed by atoms with van der Waals surface area (Å²) in [5.41, 5.74) is 0. The third-order valence-corrected chi connectivity index (χ3v) is 4.38. The van der Waals surface area contributed by atoms with Gasteiger partial charge in [-0.15, -0.1) is 0 Å². The number of nitrogens with zero attached hydrogens (tertiary/aromatic N) is 1. The largest absolute Gasteiger partial charge is 0.469 e. The lowest BCUT2D eigenvalue weighted by atomic mass is 9.87. The van der Waals surface area contributed by atoms with Crippen LogP contribution in [0, 0.1) is 5.92 Å². The van der Waals surface area contributed by atoms with E-state index in [0.717, 1.165) is 38.7 Å². The first-order chi connectivity index (χ1) is 9.29. The average molecular weight is 269 g/mol.